The van der Waals surface area contributed by atoms with Crippen molar-refractivity contribution in [3.05, 3.63) is 58.3 Å². The van der Waals surface area contributed by atoms with Gasteiger partial charge in [-0.05, 0) is 30.2 Å². The zero-order valence-electron chi connectivity index (χ0n) is 11.4. The Bertz CT molecular complexity index is 702. The van der Waals surface area contributed by atoms with Gasteiger partial charge in [0.15, 0.2) is 0 Å². The Labute approximate surface area is 130 Å². The van der Waals surface area contributed by atoms with Crippen LogP contribution in [0.25, 0.3) is 11.1 Å². The van der Waals surface area contributed by atoms with Gasteiger partial charge < -0.3 is 0 Å². The molecule has 2 N–H and O–H groups in total. The van der Waals surface area contributed by atoms with Gasteiger partial charge in [0, 0.05) is 10.0 Å². The molecule has 1 fully saturated rings. The van der Waals surface area contributed by atoms with Gasteiger partial charge in [0.05, 0.1) is 12.0 Å². The summed E-state index contributed by atoms with van der Waals surface area (Å²) < 4.78 is 14.7. The predicted molar refractivity (Wildman–Crippen MR) is 82.8 cm³/mol. The van der Waals surface area contributed by atoms with Crippen LogP contribution in [0.15, 0.2) is 46.9 Å². The number of hydrogen-bond acceptors (Lipinski definition) is 2. The number of amides is 1. The van der Waals surface area contributed by atoms with Crippen molar-refractivity contribution >= 4 is 21.8 Å². The number of rotatable bonds is 2. The van der Waals surface area contributed by atoms with E-state index in [0.29, 0.717) is 16.5 Å². The van der Waals surface area contributed by atoms with Gasteiger partial charge in [-0.15, -0.1) is 0 Å². The topological polar surface area (TPSA) is 41.1 Å². The van der Waals surface area contributed by atoms with E-state index in [9.17, 15) is 9.18 Å². The summed E-state index contributed by atoms with van der Waals surface area (Å²) in [6, 6.07) is 12.6. The summed E-state index contributed by atoms with van der Waals surface area (Å²) in [7, 11) is 0. The maximum absolute atomic E-state index is 14.0. The summed E-state index contributed by atoms with van der Waals surface area (Å²) in [4.78, 5) is 11.4. The molecule has 5 heteroatoms. The van der Waals surface area contributed by atoms with Gasteiger partial charge in [-0.3, -0.25) is 10.2 Å². The summed E-state index contributed by atoms with van der Waals surface area (Å²) in [5, 5.41) is 0. The molecule has 3 rings (SSSR count). The van der Waals surface area contributed by atoms with Crippen LogP contribution in [0.5, 0.6) is 0 Å². The molecule has 0 aromatic heterocycles. The molecule has 2 aromatic carbocycles. The Kier molecular flexibility index (Phi) is 3.55. The quantitative estimate of drug-likeness (QED) is 0.872. The van der Waals surface area contributed by atoms with Crippen LogP contribution in [0.1, 0.15) is 18.9 Å². The summed E-state index contributed by atoms with van der Waals surface area (Å²) in [6.45, 7) is 1.96. The van der Waals surface area contributed by atoms with Crippen molar-refractivity contribution in [2.75, 3.05) is 0 Å². The van der Waals surface area contributed by atoms with Gasteiger partial charge in [0.1, 0.15) is 5.82 Å². The van der Waals surface area contributed by atoms with Gasteiger partial charge in [0.2, 0.25) is 5.91 Å². The van der Waals surface area contributed by atoms with Crippen LogP contribution in [-0.4, -0.2) is 5.91 Å². The summed E-state index contributed by atoms with van der Waals surface area (Å²) >= 11 is 3.25. The highest BCUT2D eigenvalue weighted by atomic mass is 79.9. The van der Waals surface area contributed by atoms with Crippen LogP contribution in [0.4, 0.5) is 4.39 Å². The van der Waals surface area contributed by atoms with Crippen LogP contribution in [0.3, 0.4) is 0 Å². The van der Waals surface area contributed by atoms with Gasteiger partial charge in [-0.1, -0.05) is 46.3 Å². The molecule has 0 radical (unpaired) electrons. The highest BCUT2D eigenvalue weighted by Crippen LogP contribution is 2.30. The first-order valence-corrected chi connectivity index (χ1v) is 7.39. The molecule has 21 heavy (non-hydrogen) atoms. The van der Waals surface area contributed by atoms with Gasteiger partial charge >= 0.3 is 0 Å². The van der Waals surface area contributed by atoms with Crippen molar-refractivity contribution < 1.29 is 9.18 Å². The zero-order valence-corrected chi connectivity index (χ0v) is 13.0. The third-order valence-corrected chi connectivity index (χ3v) is 4.25. The molecule has 0 spiro atoms. The average Bonchev–Trinajstić information content (AvgIpc) is 2.80. The maximum atomic E-state index is 14.0. The molecule has 108 valence electrons. The fourth-order valence-electron chi connectivity index (χ4n) is 2.53. The molecular weight excluding hydrogens is 335 g/mol. The van der Waals surface area contributed by atoms with E-state index in [1.54, 1.807) is 6.07 Å². The number of carbonyl (C=O) groups is 1. The molecule has 3 nitrogen and oxygen atoms in total. The fourth-order valence-corrected chi connectivity index (χ4v) is 2.87. The zero-order chi connectivity index (χ0) is 15.0. The molecule has 0 bridgehead atoms. The van der Waals surface area contributed by atoms with Crippen LogP contribution in [0, 0.1) is 5.82 Å². The third kappa shape index (κ3) is 2.71. The Balaban J connectivity index is 1.92. The van der Waals surface area contributed by atoms with Crippen molar-refractivity contribution in [3.8, 4) is 11.1 Å². The lowest BCUT2D eigenvalue weighted by Crippen LogP contribution is -2.38. The Morgan fingerprint density at radius 1 is 1.19 bits per heavy atom. The lowest BCUT2D eigenvalue weighted by Gasteiger charge is -2.23. The van der Waals surface area contributed by atoms with Gasteiger partial charge in [-0.25, -0.2) is 9.82 Å². The summed E-state index contributed by atoms with van der Waals surface area (Å²) in [5.41, 5.74) is 7.55. The van der Waals surface area contributed by atoms with E-state index in [0.717, 1.165) is 11.1 Å². The van der Waals surface area contributed by atoms with Crippen LogP contribution in [0.2, 0.25) is 0 Å². The van der Waals surface area contributed by atoms with E-state index in [2.05, 4.69) is 26.8 Å². The number of halogens is 2. The van der Waals surface area contributed by atoms with Crippen molar-refractivity contribution in [2.45, 2.75) is 18.9 Å². The molecule has 0 saturated carbocycles. The smallest absolute Gasteiger partial charge is 0.236 e. The predicted octanol–water partition coefficient (Wildman–Crippen LogP) is 3.49. The lowest BCUT2D eigenvalue weighted by atomic mass is 9.89. The van der Waals surface area contributed by atoms with E-state index in [1.807, 2.05) is 37.3 Å². The van der Waals surface area contributed by atoms with E-state index in [4.69, 9.17) is 0 Å². The molecule has 1 heterocycles. The minimum absolute atomic E-state index is 0.0273. The van der Waals surface area contributed by atoms with Crippen LogP contribution in [-0.2, 0) is 10.3 Å². The minimum atomic E-state index is -0.423. The number of hydrazine groups is 1. The third-order valence-electron chi connectivity index (χ3n) is 3.76. The van der Waals surface area contributed by atoms with Gasteiger partial charge in [0.25, 0.3) is 0 Å². The largest absolute Gasteiger partial charge is 0.291 e. The number of hydrogen-bond donors (Lipinski definition) is 2. The summed E-state index contributed by atoms with van der Waals surface area (Å²) in [6.07, 6.45) is 0.388. The molecule has 1 unspecified atom stereocenters. The lowest BCUT2D eigenvalue weighted by molar-refractivity contribution is -0.119. The molecule has 1 amide bonds. The highest BCUT2D eigenvalue weighted by molar-refractivity contribution is 9.10. The molecule has 1 aliphatic heterocycles. The Morgan fingerprint density at radius 3 is 2.48 bits per heavy atom. The van der Waals surface area contributed by atoms with E-state index < -0.39 is 5.54 Å². The number of benzene rings is 2. The van der Waals surface area contributed by atoms with E-state index in [-0.39, 0.29) is 11.7 Å². The molecule has 0 aliphatic carbocycles. The second-order valence-electron chi connectivity index (χ2n) is 5.38. The van der Waals surface area contributed by atoms with Crippen LogP contribution < -0.4 is 10.9 Å². The molecule has 1 aliphatic rings. The second kappa shape index (κ2) is 5.24. The van der Waals surface area contributed by atoms with Crippen molar-refractivity contribution in [3.63, 3.8) is 0 Å². The highest BCUT2D eigenvalue weighted by Gasteiger charge is 2.35. The summed E-state index contributed by atoms with van der Waals surface area (Å²) in [5.74, 6) is -0.292. The molecule has 1 atom stereocenters. The SMILES string of the molecule is CC1(c2ccc(-c3ccc(Br)cc3F)cc2)CC(=O)NN1. The molecule has 1 saturated heterocycles. The minimum Gasteiger partial charge on any atom is -0.291 e. The maximum Gasteiger partial charge on any atom is 0.236 e. The molecule has 2 aromatic rings. The van der Waals surface area contributed by atoms with E-state index in [1.165, 1.54) is 6.07 Å². The number of nitrogens with one attached hydrogen (secondary N) is 2. The first kappa shape index (κ1) is 14.2. The number of carbonyl (C=O) groups excluding carboxylic acids is 1. The van der Waals surface area contributed by atoms with E-state index >= 15 is 0 Å². The first-order chi connectivity index (χ1) is 9.98. The van der Waals surface area contributed by atoms with Crippen molar-refractivity contribution in [1.82, 2.24) is 10.9 Å². The second-order valence-corrected chi connectivity index (χ2v) is 6.30. The Hall–Kier alpha value is -1.72. The fraction of sp³-hybridized carbons (Fsp3) is 0.188. The van der Waals surface area contributed by atoms with Crippen molar-refractivity contribution in [1.29, 1.82) is 0 Å². The van der Waals surface area contributed by atoms with Gasteiger partial charge in [-0.2, -0.15) is 0 Å². The van der Waals surface area contributed by atoms with Crippen molar-refractivity contribution in [2.24, 2.45) is 0 Å². The van der Waals surface area contributed by atoms with Crippen LogP contribution >= 0.6 is 15.9 Å². The average molecular weight is 349 g/mol. The standard InChI is InChI=1S/C16H14BrFN2O/c1-16(9-15(21)19-20-16)11-4-2-10(3-5-11)13-7-6-12(17)8-14(13)18/h2-8,20H,9H2,1H3,(H,19,21). The Morgan fingerprint density at radius 2 is 1.90 bits per heavy atom. The monoisotopic (exact) mass is 348 g/mol. The first-order valence-electron chi connectivity index (χ1n) is 6.60. The normalized spacial score (nSPS) is 21.4. The molecular formula is C16H14BrFN2O.